The van der Waals surface area contributed by atoms with Crippen LogP contribution in [0.4, 0.5) is 4.79 Å². The first kappa shape index (κ1) is 7.40. The Labute approximate surface area is 71.4 Å². The topological polar surface area (TPSA) is 49.0 Å². The van der Waals surface area contributed by atoms with Crippen molar-refractivity contribution in [3.8, 4) is 0 Å². The SMILES string of the molecule is [B]C(=O)N1CCc2nc[nH]c2C1. The predicted octanol–water partition coefficient (Wildman–Crippen LogP) is 0.0563. The van der Waals surface area contributed by atoms with E-state index in [1.54, 1.807) is 11.2 Å². The highest BCUT2D eigenvalue weighted by atomic mass is 16.1. The third-order valence-corrected chi connectivity index (χ3v) is 2.09. The summed E-state index contributed by atoms with van der Waals surface area (Å²) in [7, 11) is 5.15. The highest BCUT2D eigenvalue weighted by Gasteiger charge is 2.18. The Morgan fingerprint density at radius 3 is 3.33 bits per heavy atom. The summed E-state index contributed by atoms with van der Waals surface area (Å²) < 4.78 is 0. The first-order valence-electron chi connectivity index (χ1n) is 3.83. The molecule has 5 heteroatoms. The molecule has 2 rings (SSSR count). The van der Waals surface area contributed by atoms with Crippen molar-refractivity contribution in [2.75, 3.05) is 6.54 Å². The number of nitrogens with zero attached hydrogens (tertiary/aromatic N) is 2. The number of imidazole rings is 1. The van der Waals surface area contributed by atoms with Gasteiger partial charge in [0.25, 0.3) is 0 Å². The Kier molecular flexibility index (Phi) is 1.64. The third kappa shape index (κ3) is 1.11. The van der Waals surface area contributed by atoms with Crippen molar-refractivity contribution in [3.63, 3.8) is 0 Å². The largest absolute Gasteiger partial charge is 0.347 e. The molecule has 0 atom stereocenters. The van der Waals surface area contributed by atoms with E-state index in [1.807, 2.05) is 0 Å². The number of rotatable bonds is 0. The fraction of sp³-hybridized carbons (Fsp3) is 0.429. The summed E-state index contributed by atoms with van der Waals surface area (Å²) in [6.07, 6.45) is 2.44. The monoisotopic (exact) mass is 161 g/mol. The molecule has 2 radical (unpaired) electrons. The molecule has 0 unspecified atom stereocenters. The van der Waals surface area contributed by atoms with E-state index in [4.69, 9.17) is 7.85 Å². The molecule has 60 valence electrons. The standard InChI is InChI=1S/C7H8BN3O/c8-7(12)11-2-1-5-6(3-11)10-4-9-5/h4H,1-3H2,(H,9,10). The quantitative estimate of drug-likeness (QED) is 0.546. The van der Waals surface area contributed by atoms with Crippen molar-refractivity contribution >= 4 is 13.7 Å². The van der Waals surface area contributed by atoms with Crippen LogP contribution in [0.25, 0.3) is 0 Å². The average molecular weight is 161 g/mol. The number of nitrogens with one attached hydrogen (secondary N) is 1. The minimum Gasteiger partial charge on any atom is -0.347 e. The molecule has 0 aromatic carbocycles. The zero-order valence-corrected chi connectivity index (χ0v) is 6.58. The summed E-state index contributed by atoms with van der Waals surface area (Å²) in [5.41, 5.74) is 2.05. The second kappa shape index (κ2) is 2.66. The van der Waals surface area contributed by atoms with Gasteiger partial charge in [0.15, 0.2) is 5.81 Å². The molecule has 1 aliphatic rings. The first-order valence-corrected chi connectivity index (χ1v) is 3.83. The number of carbonyl (C=O) groups excluding carboxylic acids is 1. The van der Waals surface area contributed by atoms with Crippen LogP contribution in [-0.2, 0) is 13.0 Å². The Balaban J connectivity index is 2.20. The molecule has 12 heavy (non-hydrogen) atoms. The number of hydrogen-bond donors (Lipinski definition) is 1. The van der Waals surface area contributed by atoms with E-state index in [9.17, 15) is 4.79 Å². The Bertz CT molecular complexity index is 309. The van der Waals surface area contributed by atoms with E-state index in [0.29, 0.717) is 13.1 Å². The number of hydrogen-bond acceptors (Lipinski definition) is 2. The molecule has 0 fully saturated rings. The normalized spacial score (nSPS) is 15.8. The summed E-state index contributed by atoms with van der Waals surface area (Å²) in [6.45, 7) is 1.23. The summed E-state index contributed by atoms with van der Waals surface area (Å²) >= 11 is 0. The molecule has 0 spiro atoms. The lowest BCUT2D eigenvalue weighted by molar-refractivity contribution is 0.215. The molecule has 0 bridgehead atoms. The number of carbonyl (C=O) groups is 1. The fourth-order valence-corrected chi connectivity index (χ4v) is 1.40. The van der Waals surface area contributed by atoms with Crippen molar-refractivity contribution in [1.82, 2.24) is 14.9 Å². The molecular formula is C7H8BN3O. The summed E-state index contributed by atoms with van der Waals surface area (Å²) in [5.74, 6) is -0.366. The minimum absolute atomic E-state index is 0.366. The number of aromatic amines is 1. The predicted molar refractivity (Wildman–Crippen MR) is 43.9 cm³/mol. The van der Waals surface area contributed by atoms with E-state index >= 15 is 0 Å². The first-order chi connectivity index (χ1) is 5.77. The Morgan fingerprint density at radius 2 is 2.58 bits per heavy atom. The Morgan fingerprint density at radius 1 is 1.75 bits per heavy atom. The highest BCUT2D eigenvalue weighted by Crippen LogP contribution is 2.14. The zero-order valence-electron chi connectivity index (χ0n) is 6.58. The molecule has 0 saturated heterocycles. The van der Waals surface area contributed by atoms with E-state index in [-0.39, 0.29) is 5.81 Å². The van der Waals surface area contributed by atoms with Gasteiger partial charge in [0.2, 0.25) is 7.85 Å². The van der Waals surface area contributed by atoms with Crippen LogP contribution in [0.5, 0.6) is 0 Å². The lowest BCUT2D eigenvalue weighted by Gasteiger charge is -2.25. The van der Waals surface area contributed by atoms with Crippen LogP contribution in [0.1, 0.15) is 11.4 Å². The van der Waals surface area contributed by atoms with E-state index in [1.165, 1.54) is 0 Å². The van der Waals surface area contributed by atoms with Gasteiger partial charge in [-0.15, -0.1) is 0 Å². The van der Waals surface area contributed by atoms with Crippen LogP contribution >= 0.6 is 0 Å². The van der Waals surface area contributed by atoms with Crippen LogP contribution in [0.3, 0.4) is 0 Å². The molecule has 0 saturated carbocycles. The van der Waals surface area contributed by atoms with Gasteiger partial charge in [0.05, 0.1) is 24.3 Å². The van der Waals surface area contributed by atoms with Gasteiger partial charge in [-0.05, 0) is 0 Å². The van der Waals surface area contributed by atoms with Crippen molar-refractivity contribution < 1.29 is 4.79 Å². The molecule has 1 N–H and O–H groups in total. The van der Waals surface area contributed by atoms with Crippen LogP contribution < -0.4 is 0 Å². The lowest BCUT2D eigenvalue weighted by Crippen LogP contribution is -2.35. The van der Waals surface area contributed by atoms with Crippen LogP contribution in [0.2, 0.25) is 0 Å². The minimum atomic E-state index is -0.366. The molecule has 1 aromatic rings. The molecule has 2 heterocycles. The molecule has 1 aliphatic heterocycles. The van der Waals surface area contributed by atoms with Gasteiger partial charge in [-0.1, -0.05) is 0 Å². The van der Waals surface area contributed by atoms with E-state index in [2.05, 4.69) is 9.97 Å². The summed E-state index contributed by atoms with van der Waals surface area (Å²) in [6, 6.07) is 0. The molecule has 1 aromatic heterocycles. The van der Waals surface area contributed by atoms with Gasteiger partial charge in [0.1, 0.15) is 0 Å². The molecule has 1 amide bonds. The number of aromatic nitrogens is 2. The van der Waals surface area contributed by atoms with E-state index < -0.39 is 0 Å². The van der Waals surface area contributed by atoms with Gasteiger partial charge in [-0.2, -0.15) is 0 Å². The highest BCUT2D eigenvalue weighted by molar-refractivity contribution is 6.56. The zero-order chi connectivity index (χ0) is 8.55. The van der Waals surface area contributed by atoms with Gasteiger partial charge < -0.3 is 9.88 Å². The van der Waals surface area contributed by atoms with Gasteiger partial charge in [0, 0.05) is 13.0 Å². The number of amides is 1. The maximum atomic E-state index is 10.8. The van der Waals surface area contributed by atoms with Crippen LogP contribution in [-0.4, -0.2) is 35.1 Å². The average Bonchev–Trinajstić information content (AvgIpc) is 2.49. The molecule has 4 nitrogen and oxygen atoms in total. The van der Waals surface area contributed by atoms with Gasteiger partial charge in [-0.3, -0.25) is 4.79 Å². The molecule has 0 aliphatic carbocycles. The second-order valence-corrected chi connectivity index (χ2v) is 2.84. The van der Waals surface area contributed by atoms with Crippen LogP contribution in [0, 0.1) is 0 Å². The fourth-order valence-electron chi connectivity index (χ4n) is 1.40. The summed E-state index contributed by atoms with van der Waals surface area (Å²) in [5, 5.41) is 0. The van der Waals surface area contributed by atoms with Crippen molar-refractivity contribution in [2.45, 2.75) is 13.0 Å². The summed E-state index contributed by atoms with van der Waals surface area (Å²) in [4.78, 5) is 19.5. The van der Waals surface area contributed by atoms with Crippen molar-refractivity contribution in [1.29, 1.82) is 0 Å². The lowest BCUT2D eigenvalue weighted by atomic mass is 10.1. The van der Waals surface area contributed by atoms with E-state index in [0.717, 1.165) is 17.8 Å². The van der Waals surface area contributed by atoms with Gasteiger partial charge in [-0.25, -0.2) is 4.98 Å². The van der Waals surface area contributed by atoms with Crippen molar-refractivity contribution in [2.24, 2.45) is 0 Å². The maximum absolute atomic E-state index is 10.8. The van der Waals surface area contributed by atoms with Gasteiger partial charge >= 0.3 is 0 Å². The maximum Gasteiger partial charge on any atom is 0.200 e. The number of fused-ring (bicyclic) bond motifs is 1. The van der Waals surface area contributed by atoms with Crippen LogP contribution in [0.15, 0.2) is 6.33 Å². The Hall–Kier alpha value is -1.26. The second-order valence-electron chi connectivity index (χ2n) is 2.84. The number of H-pyrrole nitrogens is 1. The van der Waals surface area contributed by atoms with Crippen molar-refractivity contribution in [3.05, 3.63) is 17.7 Å². The molecular weight excluding hydrogens is 153 g/mol. The third-order valence-electron chi connectivity index (χ3n) is 2.09. The smallest absolute Gasteiger partial charge is 0.200 e.